The van der Waals surface area contributed by atoms with E-state index in [2.05, 4.69) is 31.1 Å². The number of aliphatic hydroxyl groups excluding tert-OH is 3. The molecular formula is C35H52ClN7O9. The number of aliphatic hydroxyl groups is 3. The van der Waals surface area contributed by atoms with Crippen molar-refractivity contribution in [3.05, 3.63) is 40.8 Å². The molecule has 52 heavy (non-hydrogen) atoms. The minimum Gasteiger partial charge on any atom is -0.417 e. The van der Waals surface area contributed by atoms with Gasteiger partial charge in [0.1, 0.15) is 23.2 Å². The molecule has 0 radical (unpaired) electrons. The number of nitrogens with zero attached hydrogens (tertiary/aromatic N) is 4. The second kappa shape index (κ2) is 18.7. The second-order valence-corrected chi connectivity index (χ2v) is 15.1. The molecule has 17 heteroatoms. The fraction of sp³-hybridized carbons (Fsp3) is 0.657. The molecular weight excluding hydrogens is 698 g/mol. The van der Waals surface area contributed by atoms with E-state index in [0.29, 0.717) is 43.7 Å². The lowest BCUT2D eigenvalue weighted by Gasteiger charge is -2.31. The fourth-order valence-corrected chi connectivity index (χ4v) is 6.02. The number of pyridine rings is 1. The molecule has 1 fully saturated rings. The molecule has 3 heterocycles. The lowest BCUT2D eigenvalue weighted by atomic mass is 9.91. The zero-order valence-electron chi connectivity index (χ0n) is 30.6. The second-order valence-electron chi connectivity index (χ2n) is 14.6. The number of halogens is 1. The van der Waals surface area contributed by atoms with Crippen LogP contribution in [-0.4, -0.2) is 115 Å². The molecule has 4 amide bonds. The van der Waals surface area contributed by atoms with Gasteiger partial charge in [0.05, 0.1) is 25.9 Å². The first-order valence-corrected chi connectivity index (χ1v) is 17.9. The van der Waals surface area contributed by atoms with Gasteiger partial charge in [-0.05, 0) is 63.5 Å². The molecule has 1 aliphatic rings. The van der Waals surface area contributed by atoms with E-state index in [4.69, 9.17) is 16.0 Å². The Labute approximate surface area is 308 Å². The van der Waals surface area contributed by atoms with Crippen molar-refractivity contribution in [3.8, 4) is 0 Å². The van der Waals surface area contributed by atoms with Crippen molar-refractivity contribution >= 4 is 41.0 Å². The minimum absolute atomic E-state index is 0.159. The van der Waals surface area contributed by atoms with E-state index in [1.807, 2.05) is 13.8 Å². The van der Waals surface area contributed by atoms with Crippen LogP contribution in [0.5, 0.6) is 0 Å². The summed E-state index contributed by atoms with van der Waals surface area (Å²) in [5, 5.41) is 45.4. The molecule has 1 aliphatic heterocycles. The van der Waals surface area contributed by atoms with Crippen molar-refractivity contribution in [2.45, 2.75) is 109 Å². The molecule has 0 unspecified atom stereocenters. The Hall–Kier alpha value is -3.99. The molecule has 2 aromatic rings. The fourth-order valence-electron chi connectivity index (χ4n) is 5.86. The van der Waals surface area contributed by atoms with E-state index in [0.717, 1.165) is 0 Å². The number of hydrogen-bond donors (Lipinski definition) is 6. The first kappa shape index (κ1) is 42.4. The lowest BCUT2D eigenvalue weighted by molar-refractivity contribution is -0.142. The SMILES string of the molecule is CC(C)[C@H](NC(=O)[C@@H]1CCCN1C(=O)[C@@H](NC(=O)CCCCC(C)(C)NC(=O)c1cc(Cl)ccn1)C(C)C)C(=O)c1nnc(C(CO)(CO)CO)o1. The third-order valence-electron chi connectivity index (χ3n) is 9.19. The standard InChI is InChI=1S/C35H52ClN7O9/c1-20(2)26(28(48)31-41-42-33(52-31)35(17-44,18-45)19-46)39-30(50)24-10-9-15-43(24)32(51)27(21(3)4)38-25(47)11-7-8-13-34(5,6)40-29(49)23-16-22(36)12-14-37-23/h12,14,16,20-21,24,26-27,44-46H,7-11,13,15,17-19H2,1-6H3,(H,38,47)(H,39,50)(H,40,49)/t24-,26-,27-/m0/s1. The molecule has 0 bridgehead atoms. The van der Waals surface area contributed by atoms with Crippen LogP contribution < -0.4 is 16.0 Å². The molecule has 6 N–H and O–H groups in total. The predicted octanol–water partition coefficient (Wildman–Crippen LogP) is 1.56. The Bertz CT molecular complexity index is 1550. The Morgan fingerprint density at radius 3 is 2.23 bits per heavy atom. The number of rotatable bonds is 19. The molecule has 2 aromatic heterocycles. The number of nitrogens with one attached hydrogen (secondary N) is 3. The van der Waals surface area contributed by atoms with Gasteiger partial charge in [-0.3, -0.25) is 29.0 Å². The van der Waals surface area contributed by atoms with Crippen molar-refractivity contribution in [2.75, 3.05) is 26.4 Å². The van der Waals surface area contributed by atoms with E-state index < -0.39 is 78.3 Å². The number of hydrogen-bond acceptors (Lipinski definition) is 12. The Kier molecular flexibility index (Phi) is 15.2. The van der Waals surface area contributed by atoms with Gasteiger partial charge < -0.3 is 40.6 Å². The van der Waals surface area contributed by atoms with Crippen LogP contribution in [0.2, 0.25) is 5.02 Å². The van der Waals surface area contributed by atoms with Gasteiger partial charge in [0.15, 0.2) is 0 Å². The number of ketones is 1. The summed E-state index contributed by atoms with van der Waals surface area (Å²) in [4.78, 5) is 71.9. The number of unbranched alkanes of at least 4 members (excludes halogenated alkanes) is 1. The van der Waals surface area contributed by atoms with E-state index in [1.165, 1.54) is 17.2 Å². The summed E-state index contributed by atoms with van der Waals surface area (Å²) in [5.74, 6) is -3.84. The zero-order valence-corrected chi connectivity index (χ0v) is 31.4. The van der Waals surface area contributed by atoms with Crippen LogP contribution in [0.1, 0.15) is 107 Å². The highest BCUT2D eigenvalue weighted by Crippen LogP contribution is 2.24. The van der Waals surface area contributed by atoms with Crippen LogP contribution in [0.25, 0.3) is 0 Å². The number of carbonyl (C=O) groups excluding carboxylic acids is 5. The van der Waals surface area contributed by atoms with Gasteiger partial charge in [0, 0.05) is 29.7 Å². The summed E-state index contributed by atoms with van der Waals surface area (Å²) < 4.78 is 5.43. The maximum Gasteiger partial charge on any atom is 0.286 e. The smallest absolute Gasteiger partial charge is 0.286 e. The average Bonchev–Trinajstić information content (AvgIpc) is 3.80. The van der Waals surface area contributed by atoms with E-state index in [1.54, 1.807) is 33.8 Å². The maximum absolute atomic E-state index is 13.8. The monoisotopic (exact) mass is 749 g/mol. The topological polar surface area (TPSA) is 237 Å². The van der Waals surface area contributed by atoms with Gasteiger partial charge in [-0.15, -0.1) is 10.2 Å². The largest absolute Gasteiger partial charge is 0.417 e. The maximum atomic E-state index is 13.8. The third-order valence-corrected chi connectivity index (χ3v) is 9.43. The molecule has 3 atom stereocenters. The van der Waals surface area contributed by atoms with Crippen LogP contribution in [0.3, 0.4) is 0 Å². The van der Waals surface area contributed by atoms with Gasteiger partial charge in [-0.25, -0.2) is 0 Å². The molecule has 0 aromatic carbocycles. The van der Waals surface area contributed by atoms with Crippen LogP contribution in [0.15, 0.2) is 22.7 Å². The summed E-state index contributed by atoms with van der Waals surface area (Å²) in [5.41, 5.74) is -2.01. The zero-order chi connectivity index (χ0) is 38.8. The molecule has 0 aliphatic carbocycles. The Balaban J connectivity index is 1.58. The number of aromatic nitrogens is 3. The lowest BCUT2D eigenvalue weighted by Crippen LogP contribution is -2.57. The third kappa shape index (κ3) is 10.8. The van der Waals surface area contributed by atoms with Crippen molar-refractivity contribution in [3.63, 3.8) is 0 Å². The highest BCUT2D eigenvalue weighted by molar-refractivity contribution is 6.30. The van der Waals surface area contributed by atoms with Gasteiger partial charge in [0.25, 0.3) is 11.8 Å². The van der Waals surface area contributed by atoms with Gasteiger partial charge >= 0.3 is 0 Å². The highest BCUT2D eigenvalue weighted by Gasteiger charge is 2.42. The summed E-state index contributed by atoms with van der Waals surface area (Å²) in [6.07, 6.45) is 4.25. The predicted molar refractivity (Wildman–Crippen MR) is 189 cm³/mol. The molecule has 3 rings (SSSR count). The molecule has 288 valence electrons. The van der Waals surface area contributed by atoms with E-state index in [-0.39, 0.29) is 35.7 Å². The average molecular weight is 750 g/mol. The van der Waals surface area contributed by atoms with Crippen LogP contribution in [0.4, 0.5) is 0 Å². The minimum atomic E-state index is -1.65. The van der Waals surface area contributed by atoms with Gasteiger partial charge in [-0.2, -0.15) is 0 Å². The van der Waals surface area contributed by atoms with Crippen molar-refractivity contribution in [1.29, 1.82) is 0 Å². The quantitative estimate of drug-likeness (QED) is 0.0887. The van der Waals surface area contributed by atoms with E-state index in [9.17, 15) is 39.3 Å². The summed E-state index contributed by atoms with van der Waals surface area (Å²) in [6.45, 7) is 8.93. The first-order chi connectivity index (χ1) is 24.5. The van der Waals surface area contributed by atoms with Gasteiger partial charge in [-0.1, -0.05) is 45.7 Å². The summed E-state index contributed by atoms with van der Waals surface area (Å²) in [6, 6.07) is 0.189. The normalized spacial score (nSPS) is 16.2. The number of Topliss-reactive ketones (excluding diaryl/α,β-unsaturated/α-hetero) is 1. The Morgan fingerprint density at radius 1 is 0.981 bits per heavy atom. The van der Waals surface area contributed by atoms with Crippen molar-refractivity contribution in [2.24, 2.45) is 11.8 Å². The summed E-state index contributed by atoms with van der Waals surface area (Å²) >= 11 is 5.97. The van der Waals surface area contributed by atoms with Crippen LogP contribution in [-0.2, 0) is 19.8 Å². The molecule has 0 spiro atoms. The number of amides is 4. The van der Waals surface area contributed by atoms with Crippen molar-refractivity contribution in [1.82, 2.24) is 36.0 Å². The van der Waals surface area contributed by atoms with Crippen LogP contribution in [0, 0.1) is 11.8 Å². The molecule has 0 saturated carbocycles. The Morgan fingerprint density at radius 2 is 1.63 bits per heavy atom. The van der Waals surface area contributed by atoms with Gasteiger partial charge in [0.2, 0.25) is 29.4 Å². The van der Waals surface area contributed by atoms with E-state index >= 15 is 0 Å². The summed E-state index contributed by atoms with van der Waals surface area (Å²) in [7, 11) is 0. The highest BCUT2D eigenvalue weighted by atomic mass is 35.5. The van der Waals surface area contributed by atoms with Crippen LogP contribution >= 0.6 is 11.6 Å². The molecule has 16 nitrogen and oxygen atoms in total. The van der Waals surface area contributed by atoms with Crippen molar-refractivity contribution < 1.29 is 43.7 Å². The molecule has 1 saturated heterocycles. The number of likely N-dealkylation sites (tertiary alicyclic amines) is 1. The first-order valence-electron chi connectivity index (χ1n) is 17.5. The number of carbonyl (C=O) groups is 5.